The number of fused-ring (bicyclic) bond motifs is 1. The zero-order valence-electron chi connectivity index (χ0n) is 16.7. The summed E-state index contributed by atoms with van der Waals surface area (Å²) in [5.74, 6) is -0.0548. The highest BCUT2D eigenvalue weighted by Crippen LogP contribution is 2.21. The Labute approximate surface area is 169 Å². The number of rotatable bonds is 4. The minimum absolute atomic E-state index is 0.129. The van der Waals surface area contributed by atoms with E-state index in [0.717, 1.165) is 43.1 Å². The zero-order chi connectivity index (χ0) is 20.4. The molecule has 0 bridgehead atoms. The first-order valence-electron chi connectivity index (χ1n) is 9.86. The first-order chi connectivity index (χ1) is 14.0. The lowest BCUT2D eigenvalue weighted by Gasteiger charge is -2.35. The average Bonchev–Trinajstić information content (AvgIpc) is 3.18. The Balaban J connectivity index is 1.38. The number of nitrogens with one attached hydrogen (secondary N) is 1. The van der Waals surface area contributed by atoms with E-state index in [9.17, 15) is 9.59 Å². The summed E-state index contributed by atoms with van der Waals surface area (Å²) in [5.41, 5.74) is 3.33. The molecule has 4 rings (SSSR count). The molecule has 1 N–H and O–H groups in total. The van der Waals surface area contributed by atoms with Crippen molar-refractivity contribution in [3.63, 3.8) is 0 Å². The summed E-state index contributed by atoms with van der Waals surface area (Å²) in [6.07, 6.45) is 3.61. The maximum absolute atomic E-state index is 12.6. The second-order valence-electron chi connectivity index (χ2n) is 7.37. The smallest absolute Gasteiger partial charge is 0.271 e. The quantitative estimate of drug-likeness (QED) is 0.742. The van der Waals surface area contributed by atoms with Gasteiger partial charge in [0.25, 0.3) is 5.91 Å². The molecule has 1 aliphatic heterocycles. The van der Waals surface area contributed by atoms with Crippen molar-refractivity contribution in [1.29, 1.82) is 0 Å². The second kappa shape index (κ2) is 7.95. The van der Waals surface area contributed by atoms with Gasteiger partial charge in [-0.2, -0.15) is 0 Å². The molecule has 2 amide bonds. The Morgan fingerprint density at radius 2 is 1.76 bits per heavy atom. The Bertz CT molecular complexity index is 986. The number of hydrogen-bond donors (Lipinski definition) is 1. The largest absolute Gasteiger partial charge is 0.368 e. The predicted octanol–water partition coefficient (Wildman–Crippen LogP) is 2.49. The number of piperazine rings is 1. The van der Waals surface area contributed by atoms with Crippen molar-refractivity contribution in [3.05, 3.63) is 66.1 Å². The van der Waals surface area contributed by atoms with Crippen molar-refractivity contribution in [2.24, 2.45) is 0 Å². The van der Waals surface area contributed by atoms with Gasteiger partial charge in [0.1, 0.15) is 11.3 Å². The van der Waals surface area contributed by atoms with Crippen molar-refractivity contribution < 1.29 is 9.59 Å². The van der Waals surface area contributed by atoms with E-state index in [4.69, 9.17) is 0 Å². The molecule has 0 radical (unpaired) electrons. The highest BCUT2D eigenvalue weighted by molar-refractivity contribution is 5.93. The molecule has 150 valence electrons. The molecule has 0 aliphatic carbocycles. The third-order valence-electron chi connectivity index (χ3n) is 5.43. The SMILES string of the molecule is CC(=O)N1CCN(c2ccc(C(C)NC(=O)c3cn4ccccc4n3)cc2)CC1. The number of imidazole rings is 1. The van der Waals surface area contributed by atoms with Gasteiger partial charge in [-0.25, -0.2) is 4.98 Å². The number of anilines is 1. The van der Waals surface area contributed by atoms with E-state index < -0.39 is 0 Å². The number of hydrogen-bond acceptors (Lipinski definition) is 4. The first-order valence-corrected chi connectivity index (χ1v) is 9.86. The minimum Gasteiger partial charge on any atom is -0.368 e. The predicted molar refractivity (Wildman–Crippen MR) is 112 cm³/mol. The third kappa shape index (κ3) is 4.08. The molecule has 1 unspecified atom stereocenters. The maximum Gasteiger partial charge on any atom is 0.271 e. The molecule has 7 heteroatoms. The van der Waals surface area contributed by atoms with Crippen LogP contribution in [0.15, 0.2) is 54.9 Å². The van der Waals surface area contributed by atoms with E-state index >= 15 is 0 Å². The van der Waals surface area contributed by atoms with E-state index in [1.165, 1.54) is 0 Å². The van der Waals surface area contributed by atoms with E-state index in [-0.39, 0.29) is 17.9 Å². The van der Waals surface area contributed by atoms with Crippen LogP contribution in [0.2, 0.25) is 0 Å². The summed E-state index contributed by atoms with van der Waals surface area (Å²) < 4.78 is 1.83. The first kappa shape index (κ1) is 19.0. The number of pyridine rings is 1. The average molecular weight is 391 g/mol. The van der Waals surface area contributed by atoms with Crippen molar-refractivity contribution in [2.75, 3.05) is 31.1 Å². The summed E-state index contributed by atoms with van der Waals surface area (Å²) in [5, 5.41) is 3.02. The van der Waals surface area contributed by atoms with Crippen LogP contribution in [0.25, 0.3) is 5.65 Å². The van der Waals surface area contributed by atoms with E-state index in [1.807, 2.05) is 52.8 Å². The van der Waals surface area contributed by atoms with Crippen LogP contribution in [0, 0.1) is 0 Å². The Morgan fingerprint density at radius 3 is 2.41 bits per heavy atom. The fourth-order valence-corrected chi connectivity index (χ4v) is 3.65. The number of carbonyl (C=O) groups excluding carboxylic acids is 2. The Kier molecular flexibility index (Phi) is 5.20. The van der Waals surface area contributed by atoms with Gasteiger partial charge in [-0.3, -0.25) is 9.59 Å². The molecule has 0 spiro atoms. The molecule has 2 aromatic heterocycles. The fraction of sp³-hybridized carbons (Fsp3) is 0.318. The third-order valence-corrected chi connectivity index (χ3v) is 5.43. The van der Waals surface area contributed by atoms with Crippen molar-refractivity contribution in [2.45, 2.75) is 19.9 Å². The summed E-state index contributed by atoms with van der Waals surface area (Å²) >= 11 is 0. The lowest BCUT2D eigenvalue weighted by molar-refractivity contribution is -0.129. The summed E-state index contributed by atoms with van der Waals surface area (Å²) in [6.45, 7) is 6.75. The van der Waals surface area contributed by atoms with Gasteiger partial charge in [0, 0.05) is 51.2 Å². The van der Waals surface area contributed by atoms with Crippen LogP contribution >= 0.6 is 0 Å². The van der Waals surface area contributed by atoms with Gasteiger partial charge in [-0.15, -0.1) is 0 Å². The van der Waals surface area contributed by atoms with E-state index in [2.05, 4.69) is 27.3 Å². The molecular formula is C22H25N5O2. The summed E-state index contributed by atoms with van der Waals surface area (Å²) in [4.78, 5) is 32.6. The van der Waals surface area contributed by atoms with Gasteiger partial charge in [0.2, 0.25) is 5.91 Å². The van der Waals surface area contributed by atoms with Crippen molar-refractivity contribution in [1.82, 2.24) is 19.6 Å². The highest BCUT2D eigenvalue weighted by atomic mass is 16.2. The normalized spacial score (nSPS) is 15.4. The Morgan fingerprint density at radius 1 is 1.03 bits per heavy atom. The second-order valence-corrected chi connectivity index (χ2v) is 7.37. The molecule has 3 heterocycles. The number of carbonyl (C=O) groups is 2. The lowest BCUT2D eigenvalue weighted by Crippen LogP contribution is -2.48. The Hall–Kier alpha value is -3.35. The van der Waals surface area contributed by atoms with Gasteiger partial charge in [0.05, 0.1) is 6.04 Å². The van der Waals surface area contributed by atoms with E-state index in [1.54, 1.807) is 13.1 Å². The van der Waals surface area contributed by atoms with Crippen LogP contribution in [-0.2, 0) is 4.79 Å². The highest BCUT2D eigenvalue weighted by Gasteiger charge is 2.19. The van der Waals surface area contributed by atoms with Crippen molar-refractivity contribution >= 4 is 23.1 Å². The molecule has 1 aliphatic rings. The number of aromatic nitrogens is 2. The van der Waals surface area contributed by atoms with Crippen LogP contribution in [0.1, 0.15) is 35.9 Å². The van der Waals surface area contributed by atoms with Gasteiger partial charge in [0.15, 0.2) is 0 Å². The standard InChI is InChI=1S/C22H25N5O2/c1-16(23-22(29)20-15-27-10-4-3-5-21(27)24-20)18-6-8-19(9-7-18)26-13-11-25(12-14-26)17(2)28/h3-10,15-16H,11-14H2,1-2H3,(H,23,29). The maximum atomic E-state index is 12.6. The van der Waals surface area contributed by atoms with Gasteiger partial charge < -0.3 is 19.5 Å². The molecule has 3 aromatic rings. The fourth-order valence-electron chi connectivity index (χ4n) is 3.65. The lowest BCUT2D eigenvalue weighted by atomic mass is 10.1. The van der Waals surface area contributed by atoms with Crippen LogP contribution in [0.3, 0.4) is 0 Å². The summed E-state index contributed by atoms with van der Waals surface area (Å²) in [7, 11) is 0. The zero-order valence-corrected chi connectivity index (χ0v) is 16.7. The van der Waals surface area contributed by atoms with Crippen LogP contribution in [0.4, 0.5) is 5.69 Å². The summed E-state index contributed by atoms with van der Waals surface area (Å²) in [6, 6.07) is 13.8. The van der Waals surface area contributed by atoms with Crippen LogP contribution in [0.5, 0.6) is 0 Å². The number of amides is 2. The molecular weight excluding hydrogens is 366 g/mol. The van der Waals surface area contributed by atoms with Gasteiger partial charge in [-0.05, 0) is 36.8 Å². The van der Waals surface area contributed by atoms with Gasteiger partial charge >= 0.3 is 0 Å². The molecule has 7 nitrogen and oxygen atoms in total. The monoisotopic (exact) mass is 391 g/mol. The van der Waals surface area contributed by atoms with Gasteiger partial charge in [-0.1, -0.05) is 18.2 Å². The van der Waals surface area contributed by atoms with Crippen LogP contribution in [-0.4, -0.2) is 52.3 Å². The van der Waals surface area contributed by atoms with Crippen molar-refractivity contribution in [3.8, 4) is 0 Å². The molecule has 1 fully saturated rings. The molecule has 1 aromatic carbocycles. The molecule has 0 saturated carbocycles. The minimum atomic E-state index is -0.189. The van der Waals surface area contributed by atoms with Crippen LogP contribution < -0.4 is 10.2 Å². The number of nitrogens with zero attached hydrogens (tertiary/aromatic N) is 4. The molecule has 29 heavy (non-hydrogen) atoms. The van der Waals surface area contributed by atoms with E-state index in [0.29, 0.717) is 5.69 Å². The topological polar surface area (TPSA) is 70.0 Å². The molecule has 1 saturated heterocycles. The molecule has 1 atom stereocenters. The number of benzene rings is 1.